The number of nitrogens with zero attached hydrogens (tertiary/aromatic N) is 3. The Morgan fingerprint density at radius 2 is 1.93 bits per heavy atom. The van der Waals surface area contributed by atoms with Crippen LogP contribution in [0.15, 0.2) is 52.1 Å². The molecule has 1 aliphatic rings. The van der Waals surface area contributed by atoms with Crippen molar-refractivity contribution in [1.82, 2.24) is 25.5 Å². The number of H-pyrrole nitrogens is 1. The number of aromatic nitrogens is 2. The van der Waals surface area contributed by atoms with Gasteiger partial charge < -0.3 is 10.1 Å². The van der Waals surface area contributed by atoms with E-state index < -0.39 is 16.2 Å². The van der Waals surface area contributed by atoms with Crippen molar-refractivity contribution in [3.8, 4) is 5.75 Å². The Labute approximate surface area is 163 Å². The van der Waals surface area contributed by atoms with Gasteiger partial charge in [-0.05, 0) is 17.7 Å². The van der Waals surface area contributed by atoms with E-state index in [1.807, 2.05) is 5.01 Å². The van der Waals surface area contributed by atoms with Crippen molar-refractivity contribution in [2.24, 2.45) is 0 Å². The lowest BCUT2D eigenvalue weighted by Gasteiger charge is -2.14. The Morgan fingerprint density at radius 1 is 1.17 bits per heavy atom. The van der Waals surface area contributed by atoms with E-state index in [2.05, 4.69) is 15.9 Å². The second kappa shape index (κ2) is 7.47. The van der Waals surface area contributed by atoms with Gasteiger partial charge in [-0.3, -0.25) is 19.5 Å². The van der Waals surface area contributed by atoms with Gasteiger partial charge in [0.1, 0.15) is 5.75 Å². The van der Waals surface area contributed by atoms with Gasteiger partial charge in [0.25, 0.3) is 11.2 Å². The fourth-order valence-corrected chi connectivity index (χ4v) is 3.34. The Bertz CT molecular complexity index is 1190. The van der Waals surface area contributed by atoms with Crippen LogP contribution in [0.25, 0.3) is 10.9 Å². The standard InChI is InChI=1S/C18H18N6O5/c25-15-3-1-2-14-16(15)19-18(27)23(17(14)26)10-12-9-22(21-20-12)8-11-4-6-13(7-5-11)24(28)29/h1-7,12,20-21,25H,8-10H2,(H,19,27). The summed E-state index contributed by atoms with van der Waals surface area (Å²) in [6.45, 7) is 1.11. The minimum atomic E-state index is -0.598. The van der Waals surface area contributed by atoms with Crippen molar-refractivity contribution >= 4 is 16.6 Å². The third-order valence-corrected chi connectivity index (χ3v) is 4.79. The second-order valence-corrected chi connectivity index (χ2v) is 6.80. The van der Waals surface area contributed by atoms with Crippen LogP contribution >= 0.6 is 0 Å². The molecular weight excluding hydrogens is 380 g/mol. The predicted molar refractivity (Wildman–Crippen MR) is 104 cm³/mol. The smallest absolute Gasteiger partial charge is 0.328 e. The molecule has 3 aromatic rings. The summed E-state index contributed by atoms with van der Waals surface area (Å²) in [6.07, 6.45) is 0. The summed E-state index contributed by atoms with van der Waals surface area (Å²) in [5.41, 5.74) is 5.96. The molecule has 150 valence electrons. The van der Waals surface area contributed by atoms with E-state index in [-0.39, 0.29) is 34.9 Å². The number of nitrogens with one attached hydrogen (secondary N) is 3. The summed E-state index contributed by atoms with van der Waals surface area (Å²) in [7, 11) is 0. The molecule has 4 N–H and O–H groups in total. The van der Waals surface area contributed by atoms with Gasteiger partial charge in [-0.15, -0.1) is 0 Å². The van der Waals surface area contributed by atoms with Crippen molar-refractivity contribution in [1.29, 1.82) is 0 Å². The van der Waals surface area contributed by atoms with E-state index >= 15 is 0 Å². The van der Waals surface area contributed by atoms with Crippen LogP contribution in [0.1, 0.15) is 5.56 Å². The largest absolute Gasteiger partial charge is 0.506 e. The molecule has 11 heteroatoms. The summed E-state index contributed by atoms with van der Waals surface area (Å²) in [5.74, 6) is -0.154. The molecule has 0 saturated carbocycles. The SMILES string of the molecule is O=c1[nH]c2c(O)cccc2c(=O)n1CC1CN(Cc2ccc([N+](=O)[O-])cc2)NN1. The zero-order chi connectivity index (χ0) is 20.5. The predicted octanol–water partition coefficient (Wildman–Crippen LogP) is 0.197. The van der Waals surface area contributed by atoms with Gasteiger partial charge in [0.05, 0.1) is 21.9 Å². The molecule has 1 aliphatic heterocycles. The van der Waals surface area contributed by atoms with Crippen LogP contribution in [0.5, 0.6) is 5.75 Å². The number of para-hydroxylation sites is 1. The van der Waals surface area contributed by atoms with Crippen molar-refractivity contribution < 1.29 is 10.0 Å². The molecule has 0 aliphatic carbocycles. The van der Waals surface area contributed by atoms with E-state index in [4.69, 9.17) is 0 Å². The first-order valence-electron chi connectivity index (χ1n) is 8.86. The molecule has 1 fully saturated rings. The number of aromatic hydroxyl groups is 1. The van der Waals surface area contributed by atoms with Gasteiger partial charge in [-0.1, -0.05) is 18.2 Å². The summed E-state index contributed by atoms with van der Waals surface area (Å²) >= 11 is 0. The average molecular weight is 398 g/mol. The summed E-state index contributed by atoms with van der Waals surface area (Å²) in [4.78, 5) is 37.8. The highest BCUT2D eigenvalue weighted by atomic mass is 16.6. The molecule has 0 bridgehead atoms. The Kier molecular flexibility index (Phi) is 4.84. The molecule has 0 amide bonds. The topological polar surface area (TPSA) is 146 Å². The first-order chi connectivity index (χ1) is 13.9. The van der Waals surface area contributed by atoms with Crippen molar-refractivity contribution in [3.05, 3.63) is 79.0 Å². The second-order valence-electron chi connectivity index (χ2n) is 6.80. The zero-order valence-electron chi connectivity index (χ0n) is 15.2. The molecule has 2 heterocycles. The zero-order valence-corrected chi connectivity index (χ0v) is 15.2. The van der Waals surface area contributed by atoms with Crippen molar-refractivity contribution in [2.75, 3.05) is 6.54 Å². The molecule has 1 aromatic heterocycles. The number of nitro benzene ring substituents is 1. The van der Waals surface area contributed by atoms with Gasteiger partial charge in [-0.25, -0.2) is 15.2 Å². The highest BCUT2D eigenvalue weighted by Gasteiger charge is 2.24. The molecule has 11 nitrogen and oxygen atoms in total. The number of benzene rings is 2. The van der Waals surface area contributed by atoms with Crippen LogP contribution in [0.4, 0.5) is 5.69 Å². The lowest BCUT2D eigenvalue weighted by molar-refractivity contribution is -0.384. The van der Waals surface area contributed by atoms with E-state index in [1.165, 1.54) is 18.2 Å². The highest BCUT2D eigenvalue weighted by molar-refractivity contribution is 5.82. The number of fused-ring (bicyclic) bond motifs is 1. The van der Waals surface area contributed by atoms with Gasteiger partial charge >= 0.3 is 5.69 Å². The van der Waals surface area contributed by atoms with Gasteiger partial charge in [0.2, 0.25) is 0 Å². The number of aromatic amines is 1. The number of nitro groups is 1. The summed E-state index contributed by atoms with van der Waals surface area (Å²) in [5, 5.41) is 22.6. The normalized spacial score (nSPS) is 17.0. The molecule has 1 atom stereocenters. The maximum Gasteiger partial charge on any atom is 0.328 e. The monoisotopic (exact) mass is 398 g/mol. The first kappa shape index (κ1) is 18.8. The fourth-order valence-electron chi connectivity index (χ4n) is 3.34. The van der Waals surface area contributed by atoms with Crippen LogP contribution in [0.3, 0.4) is 0 Å². The Morgan fingerprint density at radius 3 is 2.66 bits per heavy atom. The average Bonchev–Trinajstić information content (AvgIpc) is 3.13. The third-order valence-electron chi connectivity index (χ3n) is 4.79. The van der Waals surface area contributed by atoms with Gasteiger partial charge in [0.15, 0.2) is 0 Å². The lowest BCUT2D eigenvalue weighted by Crippen LogP contribution is -2.43. The number of hydrogen-bond donors (Lipinski definition) is 4. The number of hydrazine groups is 2. The minimum Gasteiger partial charge on any atom is -0.506 e. The molecular formula is C18H18N6O5. The van der Waals surface area contributed by atoms with Crippen molar-refractivity contribution in [2.45, 2.75) is 19.1 Å². The van der Waals surface area contributed by atoms with Crippen LogP contribution in [-0.4, -0.2) is 37.2 Å². The van der Waals surface area contributed by atoms with E-state index in [1.54, 1.807) is 24.3 Å². The van der Waals surface area contributed by atoms with Crippen LogP contribution in [0.2, 0.25) is 0 Å². The van der Waals surface area contributed by atoms with Crippen LogP contribution in [-0.2, 0) is 13.1 Å². The van der Waals surface area contributed by atoms with Crippen molar-refractivity contribution in [3.63, 3.8) is 0 Å². The molecule has 0 spiro atoms. The maximum atomic E-state index is 12.7. The lowest BCUT2D eigenvalue weighted by atomic mass is 10.2. The number of phenols is 1. The summed E-state index contributed by atoms with van der Waals surface area (Å²) in [6, 6.07) is 10.5. The maximum absolute atomic E-state index is 12.7. The highest BCUT2D eigenvalue weighted by Crippen LogP contribution is 2.18. The molecule has 2 aromatic carbocycles. The molecule has 29 heavy (non-hydrogen) atoms. The minimum absolute atomic E-state index is 0.0278. The number of non-ortho nitro benzene ring substituents is 1. The van der Waals surface area contributed by atoms with E-state index in [9.17, 15) is 24.8 Å². The molecule has 4 rings (SSSR count). The van der Waals surface area contributed by atoms with Gasteiger partial charge in [-0.2, -0.15) is 5.53 Å². The third kappa shape index (κ3) is 3.74. The van der Waals surface area contributed by atoms with Gasteiger partial charge in [0, 0.05) is 31.8 Å². The van der Waals surface area contributed by atoms with Crippen LogP contribution in [0, 0.1) is 10.1 Å². The first-order valence-corrected chi connectivity index (χ1v) is 8.86. The van der Waals surface area contributed by atoms with E-state index in [0.29, 0.717) is 13.1 Å². The van der Waals surface area contributed by atoms with E-state index in [0.717, 1.165) is 10.1 Å². The van der Waals surface area contributed by atoms with Crippen LogP contribution < -0.4 is 22.2 Å². The number of phenolic OH excluding ortho intramolecular Hbond substituents is 1. The molecule has 1 saturated heterocycles. The summed E-state index contributed by atoms with van der Waals surface area (Å²) < 4.78 is 1.09. The number of hydrogen-bond acceptors (Lipinski definition) is 8. The number of rotatable bonds is 5. The quantitative estimate of drug-likeness (QED) is 0.352. The Balaban J connectivity index is 1.47. The Hall–Kier alpha value is -3.54. The molecule has 1 unspecified atom stereocenters. The fraction of sp³-hybridized carbons (Fsp3) is 0.222. The molecule has 0 radical (unpaired) electrons.